The zero-order valence-corrected chi connectivity index (χ0v) is 18.8. The summed E-state index contributed by atoms with van der Waals surface area (Å²) in [5.41, 5.74) is 4.80. The van der Waals surface area contributed by atoms with Crippen LogP contribution in [0.3, 0.4) is 0 Å². The van der Waals surface area contributed by atoms with Gasteiger partial charge in [-0.3, -0.25) is 0 Å². The van der Waals surface area contributed by atoms with Gasteiger partial charge >= 0.3 is 0 Å². The van der Waals surface area contributed by atoms with Gasteiger partial charge in [-0.25, -0.2) is 5.14 Å². The number of rotatable bonds is 5. The van der Waals surface area contributed by atoms with E-state index < -0.39 is 10.2 Å². The summed E-state index contributed by atoms with van der Waals surface area (Å²) in [6, 6.07) is 14.0. The number of nitrogens with two attached hydrogens (primary N) is 1. The largest absolute Gasteiger partial charge is 0.345 e. The summed E-state index contributed by atoms with van der Waals surface area (Å²) < 4.78 is 33.5. The van der Waals surface area contributed by atoms with E-state index in [1.54, 1.807) is 0 Å². The Bertz CT molecular complexity index is 1400. The highest BCUT2D eigenvalue weighted by Crippen LogP contribution is 2.36. The third-order valence-corrected chi connectivity index (χ3v) is 6.62. The normalized spacial score (nSPS) is 16.6. The molecular weight excluding hydrogens is 426 g/mol. The van der Waals surface area contributed by atoms with Crippen LogP contribution in [0.2, 0.25) is 0 Å². The average Bonchev–Trinajstić information content (AvgIpc) is 3.39. The van der Waals surface area contributed by atoms with Crippen molar-refractivity contribution in [1.29, 1.82) is 0 Å². The number of benzene rings is 2. The van der Waals surface area contributed by atoms with Crippen molar-refractivity contribution in [3.05, 3.63) is 59.8 Å². The van der Waals surface area contributed by atoms with Crippen LogP contribution in [0.15, 0.2) is 53.2 Å². The summed E-state index contributed by atoms with van der Waals surface area (Å²) in [5, 5.41) is 10.6. The van der Waals surface area contributed by atoms with Gasteiger partial charge in [0.15, 0.2) is 0 Å². The maximum Gasteiger partial charge on any atom is 0.274 e. The van der Waals surface area contributed by atoms with Crippen LogP contribution < -0.4 is 9.86 Å². The van der Waals surface area contributed by atoms with Gasteiger partial charge in [0, 0.05) is 40.3 Å². The van der Waals surface area contributed by atoms with E-state index >= 15 is 0 Å². The molecule has 2 aromatic heterocycles. The molecule has 0 fully saturated rings. The van der Waals surface area contributed by atoms with Crippen molar-refractivity contribution in [1.82, 2.24) is 19.4 Å². The fourth-order valence-electron chi connectivity index (χ4n) is 4.58. The van der Waals surface area contributed by atoms with Gasteiger partial charge in [-0.1, -0.05) is 23.4 Å². The van der Waals surface area contributed by atoms with Gasteiger partial charge in [-0.15, -0.1) is 0 Å². The predicted molar refractivity (Wildman–Crippen MR) is 123 cm³/mol. The van der Waals surface area contributed by atoms with Crippen molar-refractivity contribution >= 4 is 21.1 Å². The van der Waals surface area contributed by atoms with Crippen molar-refractivity contribution in [2.75, 3.05) is 0 Å². The molecule has 0 saturated carbocycles. The van der Waals surface area contributed by atoms with E-state index in [9.17, 15) is 8.42 Å². The first kappa shape index (κ1) is 20.9. The lowest BCUT2D eigenvalue weighted by Crippen LogP contribution is -2.35. The summed E-state index contributed by atoms with van der Waals surface area (Å²) in [4.78, 5) is 4.66. The molecular formula is C23H25N5O3S. The maximum absolute atomic E-state index is 11.6. The molecule has 32 heavy (non-hydrogen) atoms. The van der Waals surface area contributed by atoms with Gasteiger partial charge in [-0.05, 0) is 68.5 Å². The van der Waals surface area contributed by atoms with Crippen LogP contribution in [0.5, 0.6) is 0 Å². The second-order valence-electron chi connectivity index (χ2n) is 8.49. The molecule has 0 radical (unpaired) electrons. The van der Waals surface area contributed by atoms with E-state index in [4.69, 9.17) is 9.66 Å². The minimum Gasteiger partial charge on any atom is -0.345 e. The average molecular weight is 452 g/mol. The van der Waals surface area contributed by atoms with Crippen LogP contribution in [0.4, 0.5) is 0 Å². The van der Waals surface area contributed by atoms with E-state index in [0.717, 1.165) is 46.0 Å². The quantitative estimate of drug-likeness (QED) is 0.474. The number of hydrogen-bond acceptors (Lipinski definition) is 5. The SMILES string of the molecule is CC(C)n1ccc2cc(-c3nc(-c4cccc5c4CCCC5NS(N)(=O)=O)no3)ccc21. The number of fused-ring (bicyclic) bond motifs is 2. The zero-order valence-electron chi connectivity index (χ0n) is 17.9. The lowest BCUT2D eigenvalue weighted by Gasteiger charge is -2.26. The Morgan fingerprint density at radius 2 is 2.06 bits per heavy atom. The van der Waals surface area contributed by atoms with Crippen LogP contribution in [0.1, 0.15) is 49.9 Å². The summed E-state index contributed by atoms with van der Waals surface area (Å²) in [6.45, 7) is 4.31. The van der Waals surface area contributed by atoms with Crippen molar-refractivity contribution < 1.29 is 12.9 Å². The second-order valence-corrected chi connectivity index (χ2v) is 9.82. The Kier molecular flexibility index (Phi) is 5.11. The summed E-state index contributed by atoms with van der Waals surface area (Å²) >= 11 is 0. The van der Waals surface area contributed by atoms with E-state index in [2.05, 4.69) is 57.7 Å². The highest BCUT2D eigenvalue weighted by Gasteiger charge is 2.26. The molecule has 0 amide bonds. The molecule has 2 aromatic carbocycles. The smallest absolute Gasteiger partial charge is 0.274 e. The topological polar surface area (TPSA) is 116 Å². The molecule has 0 spiro atoms. The Balaban J connectivity index is 1.50. The molecule has 3 N–H and O–H groups in total. The van der Waals surface area contributed by atoms with Gasteiger partial charge in [-0.2, -0.15) is 18.1 Å². The first-order valence-electron chi connectivity index (χ1n) is 10.7. The number of nitrogens with one attached hydrogen (secondary N) is 1. The van der Waals surface area contributed by atoms with E-state index in [1.807, 2.05) is 24.3 Å². The second kappa shape index (κ2) is 7.84. The molecule has 0 bridgehead atoms. The third-order valence-electron chi connectivity index (χ3n) is 6.00. The van der Waals surface area contributed by atoms with Crippen LogP contribution in [0, 0.1) is 0 Å². The minimum atomic E-state index is -3.80. The van der Waals surface area contributed by atoms with Crippen molar-refractivity contribution in [2.24, 2.45) is 5.14 Å². The highest BCUT2D eigenvalue weighted by atomic mass is 32.2. The van der Waals surface area contributed by atoms with Gasteiger partial charge in [0.25, 0.3) is 16.1 Å². The Labute approximate surface area is 186 Å². The third kappa shape index (κ3) is 3.83. The zero-order chi connectivity index (χ0) is 22.5. The van der Waals surface area contributed by atoms with Crippen LogP contribution in [-0.2, 0) is 16.6 Å². The molecule has 1 unspecified atom stereocenters. The lowest BCUT2D eigenvalue weighted by molar-refractivity contribution is 0.432. The summed E-state index contributed by atoms with van der Waals surface area (Å²) in [7, 11) is -3.80. The van der Waals surface area contributed by atoms with Crippen molar-refractivity contribution in [2.45, 2.75) is 45.2 Å². The fraction of sp³-hybridized carbons (Fsp3) is 0.304. The number of nitrogens with zero attached hydrogens (tertiary/aromatic N) is 3. The Morgan fingerprint density at radius 1 is 1.22 bits per heavy atom. The molecule has 9 heteroatoms. The van der Waals surface area contributed by atoms with Crippen LogP contribution in [-0.4, -0.2) is 23.1 Å². The minimum absolute atomic E-state index is 0.354. The molecule has 1 aliphatic rings. The molecule has 2 heterocycles. The fourth-order valence-corrected chi connectivity index (χ4v) is 5.22. The number of hydrogen-bond donors (Lipinski definition) is 2. The number of aromatic nitrogens is 3. The molecule has 4 aromatic rings. The first-order valence-corrected chi connectivity index (χ1v) is 12.2. The van der Waals surface area contributed by atoms with Gasteiger partial charge in [0.05, 0.1) is 0 Å². The van der Waals surface area contributed by atoms with E-state index in [1.165, 1.54) is 0 Å². The van der Waals surface area contributed by atoms with Crippen molar-refractivity contribution in [3.63, 3.8) is 0 Å². The molecule has 8 nitrogen and oxygen atoms in total. The van der Waals surface area contributed by atoms with Gasteiger partial charge in [0.2, 0.25) is 5.82 Å². The maximum atomic E-state index is 11.6. The predicted octanol–water partition coefficient (Wildman–Crippen LogP) is 4.11. The Morgan fingerprint density at radius 3 is 2.84 bits per heavy atom. The molecule has 166 valence electrons. The Hall–Kier alpha value is -3.01. The van der Waals surface area contributed by atoms with Crippen molar-refractivity contribution in [3.8, 4) is 22.8 Å². The van der Waals surface area contributed by atoms with E-state index in [0.29, 0.717) is 24.2 Å². The highest BCUT2D eigenvalue weighted by molar-refractivity contribution is 7.87. The monoisotopic (exact) mass is 451 g/mol. The molecule has 1 atom stereocenters. The molecule has 1 aliphatic carbocycles. The summed E-state index contributed by atoms with van der Waals surface area (Å²) in [6.07, 6.45) is 4.43. The van der Waals surface area contributed by atoms with Crippen LogP contribution >= 0.6 is 0 Å². The van der Waals surface area contributed by atoms with E-state index in [-0.39, 0.29) is 6.04 Å². The standard InChI is InChI=1S/C23H25N5O3S/c1-14(2)28-12-11-15-13-16(9-10-21(15)28)23-25-22(26-31-23)19-7-3-6-18-17(19)5-4-8-20(18)27-32(24,29)30/h3,6-7,9-14,20,27H,4-5,8H2,1-2H3,(H2,24,29,30). The van der Waals surface area contributed by atoms with Crippen LogP contribution in [0.25, 0.3) is 33.7 Å². The molecule has 5 rings (SSSR count). The molecule has 0 aliphatic heterocycles. The molecule has 0 saturated heterocycles. The summed E-state index contributed by atoms with van der Waals surface area (Å²) in [5.74, 6) is 0.944. The van der Waals surface area contributed by atoms with Gasteiger partial charge < -0.3 is 9.09 Å². The van der Waals surface area contributed by atoms with Gasteiger partial charge in [0.1, 0.15) is 0 Å². The lowest BCUT2D eigenvalue weighted by atomic mass is 9.85. The first-order chi connectivity index (χ1) is 15.3.